The third-order valence-corrected chi connectivity index (χ3v) is 7.56. The van der Waals surface area contributed by atoms with Gasteiger partial charge >= 0.3 is 0 Å². The summed E-state index contributed by atoms with van der Waals surface area (Å²) in [5.74, 6) is 0.874. The number of methoxy groups -OCH3 is 2. The number of ether oxygens (including phenoxy) is 2. The van der Waals surface area contributed by atoms with Crippen LogP contribution < -0.4 is 9.47 Å². The zero-order chi connectivity index (χ0) is 22.1. The van der Waals surface area contributed by atoms with Crippen LogP contribution >= 0.6 is 0 Å². The van der Waals surface area contributed by atoms with Crippen molar-refractivity contribution in [3.63, 3.8) is 0 Å². The summed E-state index contributed by atoms with van der Waals surface area (Å²) in [4.78, 5) is 14.9. The van der Waals surface area contributed by atoms with Crippen molar-refractivity contribution in [2.45, 2.75) is 25.7 Å². The molecule has 1 aliphatic heterocycles. The van der Waals surface area contributed by atoms with Gasteiger partial charge in [0.05, 0.1) is 19.1 Å². The number of carbonyl (C=O) groups excluding carboxylic acids is 1. The Morgan fingerprint density at radius 2 is 1.43 bits per heavy atom. The highest BCUT2D eigenvalue weighted by Crippen LogP contribution is 2.29. The second-order valence-electron chi connectivity index (χ2n) is 7.49. The van der Waals surface area contributed by atoms with E-state index in [1.807, 2.05) is 32.9 Å². The number of piperazine rings is 1. The molecule has 1 aliphatic rings. The van der Waals surface area contributed by atoms with Gasteiger partial charge in [-0.1, -0.05) is 17.7 Å². The molecule has 0 bridgehead atoms. The van der Waals surface area contributed by atoms with Gasteiger partial charge in [-0.15, -0.1) is 0 Å². The molecule has 3 rings (SSSR count). The number of amides is 1. The Kier molecular flexibility index (Phi) is 6.38. The Hall–Kier alpha value is -2.58. The van der Waals surface area contributed by atoms with Gasteiger partial charge in [-0.3, -0.25) is 4.79 Å². The minimum absolute atomic E-state index is 0.157. The molecule has 7 nitrogen and oxygen atoms in total. The van der Waals surface area contributed by atoms with Crippen molar-refractivity contribution in [1.29, 1.82) is 0 Å². The monoisotopic (exact) mass is 432 g/mol. The summed E-state index contributed by atoms with van der Waals surface area (Å²) < 4.78 is 38.4. The zero-order valence-electron chi connectivity index (χ0n) is 18.1. The van der Waals surface area contributed by atoms with E-state index in [2.05, 4.69) is 0 Å². The van der Waals surface area contributed by atoms with E-state index < -0.39 is 10.0 Å². The first-order chi connectivity index (χ1) is 14.2. The van der Waals surface area contributed by atoms with Crippen molar-refractivity contribution >= 4 is 15.9 Å². The molecular formula is C22H28N2O5S. The van der Waals surface area contributed by atoms with Gasteiger partial charge in [0.2, 0.25) is 10.0 Å². The predicted octanol–water partition coefficient (Wildman–Crippen LogP) is 2.78. The number of hydrogen-bond donors (Lipinski definition) is 0. The highest BCUT2D eigenvalue weighted by Gasteiger charge is 2.32. The summed E-state index contributed by atoms with van der Waals surface area (Å²) in [5, 5.41) is 0. The van der Waals surface area contributed by atoms with E-state index in [1.165, 1.54) is 18.5 Å². The van der Waals surface area contributed by atoms with E-state index in [9.17, 15) is 13.2 Å². The van der Waals surface area contributed by atoms with Crippen LogP contribution in [0, 0.1) is 20.8 Å². The molecule has 1 fully saturated rings. The quantitative estimate of drug-likeness (QED) is 0.726. The van der Waals surface area contributed by atoms with E-state index in [1.54, 1.807) is 23.1 Å². The van der Waals surface area contributed by atoms with Crippen molar-refractivity contribution in [2.75, 3.05) is 40.4 Å². The Morgan fingerprint density at radius 1 is 0.867 bits per heavy atom. The summed E-state index contributed by atoms with van der Waals surface area (Å²) in [6.07, 6.45) is 0. The normalized spacial score (nSPS) is 15.2. The molecule has 1 heterocycles. The summed E-state index contributed by atoms with van der Waals surface area (Å²) in [7, 11) is -0.558. The maximum atomic E-state index is 13.2. The third kappa shape index (κ3) is 4.15. The Bertz CT molecular complexity index is 1030. The number of benzene rings is 2. The summed E-state index contributed by atoms with van der Waals surface area (Å²) in [5.41, 5.74) is 3.01. The van der Waals surface area contributed by atoms with Crippen LogP contribution in [0.2, 0.25) is 0 Å². The minimum atomic E-state index is -3.61. The minimum Gasteiger partial charge on any atom is -0.493 e. The Morgan fingerprint density at radius 3 is 1.97 bits per heavy atom. The van der Waals surface area contributed by atoms with Gasteiger partial charge in [0.1, 0.15) is 0 Å². The number of nitrogens with zero attached hydrogens (tertiary/aromatic N) is 2. The largest absolute Gasteiger partial charge is 0.493 e. The maximum absolute atomic E-state index is 13.2. The van der Waals surface area contributed by atoms with E-state index in [0.29, 0.717) is 35.0 Å². The second-order valence-corrected chi connectivity index (χ2v) is 9.37. The number of rotatable bonds is 5. The molecule has 0 aliphatic carbocycles. The van der Waals surface area contributed by atoms with Gasteiger partial charge in [0.25, 0.3) is 5.91 Å². The SMILES string of the molecule is COc1ccc(C(=O)N2CCN(S(=O)(=O)c3c(C)cc(C)cc3C)CC2)cc1OC. The lowest BCUT2D eigenvalue weighted by atomic mass is 10.1. The van der Waals surface area contributed by atoms with Gasteiger partial charge in [0.15, 0.2) is 11.5 Å². The van der Waals surface area contributed by atoms with Crippen LogP contribution in [0.1, 0.15) is 27.0 Å². The first-order valence-electron chi connectivity index (χ1n) is 9.78. The van der Waals surface area contributed by atoms with Crippen molar-refractivity contribution in [3.8, 4) is 11.5 Å². The van der Waals surface area contributed by atoms with Crippen molar-refractivity contribution in [2.24, 2.45) is 0 Å². The summed E-state index contributed by atoms with van der Waals surface area (Å²) >= 11 is 0. The van der Waals surface area contributed by atoms with E-state index in [0.717, 1.165) is 16.7 Å². The van der Waals surface area contributed by atoms with Crippen molar-refractivity contribution in [1.82, 2.24) is 9.21 Å². The van der Waals surface area contributed by atoms with Gasteiger partial charge in [-0.05, 0) is 50.1 Å². The standard InChI is InChI=1S/C22H28N2O5S/c1-15-12-16(2)21(17(3)13-15)30(26,27)24-10-8-23(9-11-24)22(25)18-6-7-19(28-4)20(14-18)29-5/h6-7,12-14H,8-11H2,1-5H3. The van der Waals surface area contributed by atoms with Gasteiger partial charge < -0.3 is 14.4 Å². The van der Waals surface area contributed by atoms with Crippen molar-refractivity contribution in [3.05, 3.63) is 52.6 Å². The fraction of sp³-hybridized carbons (Fsp3) is 0.409. The molecule has 0 saturated carbocycles. The Labute approximate surface area is 178 Å². The van der Waals surface area contributed by atoms with E-state index >= 15 is 0 Å². The molecule has 1 saturated heterocycles. The highest BCUT2D eigenvalue weighted by atomic mass is 32.2. The molecule has 2 aromatic rings. The second kappa shape index (κ2) is 8.65. The highest BCUT2D eigenvalue weighted by molar-refractivity contribution is 7.89. The summed E-state index contributed by atoms with van der Waals surface area (Å²) in [6.45, 7) is 6.78. The van der Waals surface area contributed by atoms with E-state index in [-0.39, 0.29) is 19.0 Å². The van der Waals surface area contributed by atoms with Crippen LogP contribution in [0.3, 0.4) is 0 Å². The molecule has 0 aromatic heterocycles. The van der Waals surface area contributed by atoms with Gasteiger partial charge in [0, 0.05) is 31.7 Å². The third-order valence-electron chi connectivity index (χ3n) is 5.36. The molecule has 0 spiro atoms. The first-order valence-corrected chi connectivity index (χ1v) is 11.2. The smallest absolute Gasteiger partial charge is 0.254 e. The fourth-order valence-corrected chi connectivity index (χ4v) is 5.82. The van der Waals surface area contributed by atoms with Crippen LogP contribution in [0.15, 0.2) is 35.2 Å². The van der Waals surface area contributed by atoms with Gasteiger partial charge in [-0.25, -0.2) is 8.42 Å². The van der Waals surface area contributed by atoms with E-state index in [4.69, 9.17) is 9.47 Å². The van der Waals surface area contributed by atoms with Crippen LogP contribution in [-0.4, -0.2) is 63.9 Å². The lowest BCUT2D eigenvalue weighted by molar-refractivity contribution is 0.0697. The van der Waals surface area contributed by atoms with Crippen LogP contribution in [0.5, 0.6) is 11.5 Å². The number of carbonyl (C=O) groups is 1. The average molecular weight is 433 g/mol. The number of sulfonamides is 1. The lowest BCUT2D eigenvalue weighted by Crippen LogP contribution is -2.50. The first kappa shape index (κ1) is 22.1. The molecule has 2 aromatic carbocycles. The lowest BCUT2D eigenvalue weighted by Gasteiger charge is -2.34. The van der Waals surface area contributed by atoms with Gasteiger partial charge in [-0.2, -0.15) is 4.31 Å². The molecule has 1 amide bonds. The van der Waals surface area contributed by atoms with Crippen molar-refractivity contribution < 1.29 is 22.7 Å². The summed E-state index contributed by atoms with van der Waals surface area (Å²) in [6, 6.07) is 8.79. The average Bonchev–Trinajstić information content (AvgIpc) is 2.71. The molecule has 0 N–H and O–H groups in total. The molecule has 0 unspecified atom stereocenters. The fourth-order valence-electron chi connectivity index (χ4n) is 3.99. The maximum Gasteiger partial charge on any atom is 0.254 e. The molecule has 0 radical (unpaired) electrons. The topological polar surface area (TPSA) is 76.2 Å². The number of hydrogen-bond acceptors (Lipinski definition) is 5. The number of aryl methyl sites for hydroxylation is 3. The molecule has 8 heteroatoms. The Balaban J connectivity index is 1.75. The molecular weight excluding hydrogens is 404 g/mol. The molecule has 0 atom stereocenters. The van der Waals surface area contributed by atoms with Crippen LogP contribution in [0.25, 0.3) is 0 Å². The molecule has 30 heavy (non-hydrogen) atoms. The zero-order valence-corrected chi connectivity index (χ0v) is 18.9. The predicted molar refractivity (Wildman–Crippen MR) is 115 cm³/mol. The van der Waals surface area contributed by atoms with Crippen LogP contribution in [0.4, 0.5) is 0 Å². The molecule has 162 valence electrons. The van der Waals surface area contributed by atoms with Crippen LogP contribution in [-0.2, 0) is 10.0 Å².